The minimum absolute atomic E-state index is 0. The molecule has 1 rings (SSSR count). The number of likely N-dealkylation sites (N-methyl/N-ethyl adjacent to an activating group) is 1. The fourth-order valence-electron chi connectivity index (χ4n) is 1.30. The number of nitrogens with zero attached hydrogens (tertiary/aromatic N) is 1. The Bertz CT molecular complexity index is 377. The molecule has 0 aromatic heterocycles. The van der Waals surface area contributed by atoms with E-state index in [9.17, 15) is 8.78 Å². The molecular formula is C11H16BrClF2N2. The number of rotatable bonds is 4. The van der Waals surface area contributed by atoms with Gasteiger partial charge >= 0.3 is 0 Å². The van der Waals surface area contributed by atoms with Crippen LogP contribution >= 0.6 is 28.3 Å². The van der Waals surface area contributed by atoms with Crippen LogP contribution in [0.2, 0.25) is 0 Å². The monoisotopic (exact) mass is 328 g/mol. The first-order valence-electron chi connectivity index (χ1n) is 5.00. The lowest BCUT2D eigenvalue weighted by Gasteiger charge is -2.23. The molecule has 6 heteroatoms. The molecular weight excluding hydrogens is 313 g/mol. The third-order valence-corrected chi connectivity index (χ3v) is 3.25. The van der Waals surface area contributed by atoms with Crippen molar-refractivity contribution in [2.24, 2.45) is 5.73 Å². The normalized spacial score (nSPS) is 12.4. The van der Waals surface area contributed by atoms with Crippen LogP contribution in [0.3, 0.4) is 0 Å². The van der Waals surface area contributed by atoms with E-state index < -0.39 is 11.6 Å². The van der Waals surface area contributed by atoms with Crippen molar-refractivity contribution in [3.05, 3.63) is 33.8 Å². The van der Waals surface area contributed by atoms with Gasteiger partial charge in [-0.3, -0.25) is 4.90 Å². The summed E-state index contributed by atoms with van der Waals surface area (Å²) in [6, 6.07) is 2.70. The van der Waals surface area contributed by atoms with Gasteiger partial charge in [-0.05, 0) is 42.0 Å². The van der Waals surface area contributed by atoms with Crippen LogP contribution in [-0.2, 0) is 6.54 Å². The van der Waals surface area contributed by atoms with E-state index in [1.165, 1.54) is 12.1 Å². The van der Waals surface area contributed by atoms with Crippen LogP contribution in [0.5, 0.6) is 0 Å². The van der Waals surface area contributed by atoms with Crippen molar-refractivity contribution in [1.82, 2.24) is 4.90 Å². The molecule has 98 valence electrons. The standard InChI is InChI=1S/C11H15BrF2N2.ClH/c1-7(5-15)16(2)6-8-10(13)4-3-9(12)11(8)14;/h3-4,7H,5-6,15H2,1-2H3;1H. The maximum Gasteiger partial charge on any atom is 0.144 e. The Hall–Kier alpha value is -0.230. The lowest BCUT2D eigenvalue weighted by molar-refractivity contribution is 0.247. The van der Waals surface area contributed by atoms with E-state index in [1.54, 1.807) is 7.05 Å². The van der Waals surface area contributed by atoms with Gasteiger partial charge in [0.1, 0.15) is 11.6 Å². The van der Waals surface area contributed by atoms with Crippen molar-refractivity contribution in [3.8, 4) is 0 Å². The highest BCUT2D eigenvalue weighted by Crippen LogP contribution is 2.22. The van der Waals surface area contributed by atoms with E-state index >= 15 is 0 Å². The molecule has 0 heterocycles. The molecule has 0 spiro atoms. The molecule has 0 radical (unpaired) electrons. The van der Waals surface area contributed by atoms with Crippen LogP contribution in [0.1, 0.15) is 12.5 Å². The summed E-state index contributed by atoms with van der Waals surface area (Å²) in [5, 5.41) is 0. The summed E-state index contributed by atoms with van der Waals surface area (Å²) in [7, 11) is 1.79. The number of benzene rings is 1. The van der Waals surface area contributed by atoms with E-state index in [4.69, 9.17) is 5.73 Å². The minimum atomic E-state index is -0.545. The molecule has 0 bridgehead atoms. The fraction of sp³-hybridized carbons (Fsp3) is 0.455. The second kappa shape index (κ2) is 7.26. The topological polar surface area (TPSA) is 29.3 Å². The highest BCUT2D eigenvalue weighted by atomic mass is 79.9. The van der Waals surface area contributed by atoms with Crippen LogP contribution in [0, 0.1) is 11.6 Å². The average molecular weight is 330 g/mol. The first-order chi connectivity index (χ1) is 7.47. The third kappa shape index (κ3) is 4.17. The minimum Gasteiger partial charge on any atom is -0.329 e. The summed E-state index contributed by atoms with van der Waals surface area (Å²) in [5.74, 6) is -1.08. The second-order valence-electron chi connectivity index (χ2n) is 3.82. The smallest absolute Gasteiger partial charge is 0.144 e. The largest absolute Gasteiger partial charge is 0.329 e. The van der Waals surface area contributed by atoms with Gasteiger partial charge in [0, 0.05) is 24.7 Å². The molecule has 0 fully saturated rings. The van der Waals surface area contributed by atoms with Crippen LogP contribution in [-0.4, -0.2) is 24.5 Å². The van der Waals surface area contributed by atoms with Gasteiger partial charge in [0.05, 0.1) is 4.47 Å². The molecule has 1 unspecified atom stereocenters. The number of nitrogens with two attached hydrogens (primary N) is 1. The summed E-state index contributed by atoms with van der Waals surface area (Å²) >= 11 is 3.04. The lowest BCUT2D eigenvalue weighted by Crippen LogP contribution is -2.35. The van der Waals surface area contributed by atoms with Crippen molar-refractivity contribution in [3.63, 3.8) is 0 Å². The SMILES string of the molecule is CC(CN)N(C)Cc1c(F)ccc(Br)c1F.Cl. The van der Waals surface area contributed by atoms with Crippen LogP contribution < -0.4 is 5.73 Å². The summed E-state index contributed by atoms with van der Waals surface area (Å²) in [6.45, 7) is 2.57. The molecule has 1 aromatic rings. The summed E-state index contributed by atoms with van der Waals surface area (Å²) in [6.07, 6.45) is 0. The van der Waals surface area contributed by atoms with Crippen molar-refractivity contribution in [2.75, 3.05) is 13.6 Å². The zero-order valence-corrected chi connectivity index (χ0v) is 12.1. The van der Waals surface area contributed by atoms with E-state index in [0.29, 0.717) is 6.54 Å². The molecule has 0 saturated heterocycles. The zero-order chi connectivity index (χ0) is 12.3. The number of hydrogen-bond acceptors (Lipinski definition) is 2. The van der Waals surface area contributed by atoms with Gasteiger partial charge in [0.2, 0.25) is 0 Å². The summed E-state index contributed by atoms with van der Waals surface area (Å²) in [4.78, 5) is 1.81. The zero-order valence-electron chi connectivity index (χ0n) is 9.71. The predicted molar refractivity (Wildman–Crippen MR) is 71.3 cm³/mol. The molecule has 0 aliphatic carbocycles. The van der Waals surface area contributed by atoms with E-state index in [-0.39, 0.29) is 35.0 Å². The molecule has 0 amide bonds. The molecule has 2 N–H and O–H groups in total. The van der Waals surface area contributed by atoms with Crippen LogP contribution in [0.4, 0.5) is 8.78 Å². The third-order valence-electron chi connectivity index (χ3n) is 2.64. The molecule has 0 aliphatic rings. The maximum atomic E-state index is 13.6. The van der Waals surface area contributed by atoms with Crippen molar-refractivity contribution >= 4 is 28.3 Å². The molecule has 2 nitrogen and oxygen atoms in total. The van der Waals surface area contributed by atoms with Crippen LogP contribution in [0.15, 0.2) is 16.6 Å². The average Bonchev–Trinajstić information content (AvgIpc) is 2.28. The maximum absolute atomic E-state index is 13.6. The van der Waals surface area contributed by atoms with Crippen molar-refractivity contribution < 1.29 is 8.78 Å². The number of hydrogen-bond donors (Lipinski definition) is 1. The van der Waals surface area contributed by atoms with Gasteiger partial charge in [0.25, 0.3) is 0 Å². The Morgan fingerprint density at radius 1 is 1.41 bits per heavy atom. The van der Waals surface area contributed by atoms with Crippen LogP contribution in [0.25, 0.3) is 0 Å². The molecule has 0 saturated carbocycles. The molecule has 17 heavy (non-hydrogen) atoms. The first kappa shape index (κ1) is 16.8. The van der Waals surface area contributed by atoms with Gasteiger partial charge < -0.3 is 5.73 Å². The highest BCUT2D eigenvalue weighted by molar-refractivity contribution is 9.10. The van der Waals surface area contributed by atoms with E-state index in [2.05, 4.69) is 15.9 Å². The predicted octanol–water partition coefficient (Wildman–Crippen LogP) is 2.93. The number of halogens is 4. The Balaban J connectivity index is 0.00000256. The van der Waals surface area contributed by atoms with Gasteiger partial charge in [0.15, 0.2) is 0 Å². The molecule has 1 aromatic carbocycles. The van der Waals surface area contributed by atoms with Gasteiger partial charge in [-0.15, -0.1) is 12.4 Å². The quantitative estimate of drug-likeness (QED) is 0.861. The lowest BCUT2D eigenvalue weighted by atomic mass is 10.1. The Morgan fingerprint density at radius 2 is 2.00 bits per heavy atom. The summed E-state index contributed by atoms with van der Waals surface area (Å²) in [5.41, 5.74) is 5.56. The Labute approximate surface area is 115 Å². The van der Waals surface area contributed by atoms with Crippen molar-refractivity contribution in [2.45, 2.75) is 19.5 Å². The van der Waals surface area contributed by atoms with Gasteiger partial charge in [-0.2, -0.15) is 0 Å². The van der Waals surface area contributed by atoms with Crippen molar-refractivity contribution in [1.29, 1.82) is 0 Å². The van der Waals surface area contributed by atoms with Gasteiger partial charge in [-0.1, -0.05) is 0 Å². The summed E-state index contributed by atoms with van der Waals surface area (Å²) < 4.78 is 27.4. The Kier molecular flexibility index (Phi) is 7.16. The van der Waals surface area contributed by atoms with E-state index in [1.807, 2.05) is 11.8 Å². The first-order valence-corrected chi connectivity index (χ1v) is 5.79. The fourth-order valence-corrected chi connectivity index (χ4v) is 1.67. The second-order valence-corrected chi connectivity index (χ2v) is 4.68. The highest BCUT2D eigenvalue weighted by Gasteiger charge is 2.16. The molecule has 0 aliphatic heterocycles. The van der Waals surface area contributed by atoms with Gasteiger partial charge in [-0.25, -0.2) is 8.78 Å². The van der Waals surface area contributed by atoms with E-state index in [0.717, 1.165) is 0 Å². The molecule has 1 atom stereocenters. The Morgan fingerprint density at radius 3 is 2.53 bits per heavy atom.